The van der Waals surface area contributed by atoms with E-state index >= 15 is 0 Å². The second kappa shape index (κ2) is 4.60. The Kier molecular flexibility index (Phi) is 3.36. The summed E-state index contributed by atoms with van der Waals surface area (Å²) in [6, 6.07) is 6.03. The van der Waals surface area contributed by atoms with Gasteiger partial charge in [0, 0.05) is 16.9 Å². The molecule has 1 N–H and O–H groups in total. The van der Waals surface area contributed by atoms with Crippen LogP contribution >= 0.6 is 27.5 Å². The summed E-state index contributed by atoms with van der Waals surface area (Å²) >= 11 is 9.60. The van der Waals surface area contributed by atoms with Crippen LogP contribution in [-0.4, -0.2) is 12.0 Å². The molecule has 1 aromatic heterocycles. The fourth-order valence-electron chi connectivity index (χ4n) is 1.74. The fourth-order valence-corrected chi connectivity index (χ4v) is 2.62. The van der Waals surface area contributed by atoms with E-state index in [1.165, 1.54) is 5.56 Å². The molecule has 0 aliphatic carbocycles. The zero-order valence-electron chi connectivity index (χ0n) is 9.14. The molecular weight excluding hydrogens is 288 g/mol. The highest BCUT2D eigenvalue weighted by molar-refractivity contribution is 9.10. The summed E-state index contributed by atoms with van der Waals surface area (Å²) in [7, 11) is 1.88. The van der Waals surface area contributed by atoms with Gasteiger partial charge in [-0.05, 0) is 30.2 Å². The Hall–Kier alpha value is -0.800. The van der Waals surface area contributed by atoms with E-state index in [0.717, 1.165) is 27.6 Å². The number of aryl methyl sites for hydroxylation is 1. The Balaban J connectivity index is 2.78. The average Bonchev–Trinajstić information content (AvgIpc) is 2.27. The molecule has 1 aromatic carbocycles. The molecule has 0 spiro atoms. The van der Waals surface area contributed by atoms with Crippen molar-refractivity contribution in [3.63, 3.8) is 0 Å². The van der Waals surface area contributed by atoms with Gasteiger partial charge in [0.25, 0.3) is 0 Å². The van der Waals surface area contributed by atoms with Gasteiger partial charge in [0.1, 0.15) is 5.82 Å². The number of aromatic nitrogens is 1. The number of nitrogens with one attached hydrogen (secondary N) is 1. The molecule has 2 aromatic rings. The van der Waals surface area contributed by atoms with Crippen LogP contribution in [0.15, 0.2) is 22.7 Å². The fraction of sp³-hybridized carbons (Fsp3) is 0.250. The molecule has 2 nitrogen and oxygen atoms in total. The highest BCUT2D eigenvalue weighted by atomic mass is 79.9. The van der Waals surface area contributed by atoms with Crippen molar-refractivity contribution in [1.29, 1.82) is 0 Å². The van der Waals surface area contributed by atoms with Crippen molar-refractivity contribution in [1.82, 2.24) is 4.98 Å². The van der Waals surface area contributed by atoms with Crippen LogP contribution in [0.3, 0.4) is 0 Å². The van der Waals surface area contributed by atoms with Crippen molar-refractivity contribution in [3.8, 4) is 0 Å². The van der Waals surface area contributed by atoms with Crippen LogP contribution < -0.4 is 5.32 Å². The zero-order chi connectivity index (χ0) is 11.7. The Morgan fingerprint density at radius 1 is 1.38 bits per heavy atom. The van der Waals surface area contributed by atoms with Crippen LogP contribution in [0.1, 0.15) is 12.5 Å². The third kappa shape index (κ3) is 2.02. The lowest BCUT2D eigenvalue weighted by molar-refractivity contribution is 1.12. The van der Waals surface area contributed by atoms with E-state index in [2.05, 4.69) is 39.2 Å². The molecule has 2 rings (SSSR count). The molecule has 1 heterocycles. The summed E-state index contributed by atoms with van der Waals surface area (Å²) in [5.74, 6) is 0.902. The molecule has 0 bridgehead atoms. The van der Waals surface area contributed by atoms with E-state index in [9.17, 15) is 0 Å². The molecule has 0 amide bonds. The van der Waals surface area contributed by atoms with E-state index in [4.69, 9.17) is 11.6 Å². The Labute approximate surface area is 108 Å². The van der Waals surface area contributed by atoms with E-state index < -0.39 is 0 Å². The van der Waals surface area contributed by atoms with Crippen molar-refractivity contribution in [2.24, 2.45) is 0 Å². The molecular formula is C12H12BrClN2. The third-order valence-corrected chi connectivity index (χ3v) is 3.28. The molecule has 4 heteroatoms. The summed E-state index contributed by atoms with van der Waals surface area (Å²) < 4.78 is 0.978. The normalized spacial score (nSPS) is 10.8. The van der Waals surface area contributed by atoms with Gasteiger partial charge in [0.15, 0.2) is 0 Å². The third-order valence-electron chi connectivity index (χ3n) is 2.53. The van der Waals surface area contributed by atoms with E-state index in [1.54, 1.807) is 0 Å². The summed E-state index contributed by atoms with van der Waals surface area (Å²) in [5.41, 5.74) is 2.04. The molecule has 0 radical (unpaired) electrons. The Bertz CT molecular complexity index is 540. The van der Waals surface area contributed by atoms with Gasteiger partial charge >= 0.3 is 0 Å². The van der Waals surface area contributed by atoms with Crippen molar-refractivity contribution in [2.45, 2.75) is 13.3 Å². The SMILES string of the molecule is CCc1cc2cc(Br)cc(Cl)c2nc1NC. The Morgan fingerprint density at radius 3 is 2.75 bits per heavy atom. The average molecular weight is 300 g/mol. The standard InChI is InChI=1S/C12H12BrClN2/c1-3-7-4-8-5-9(13)6-10(14)11(8)16-12(7)15-2/h4-6H,3H2,1-2H3,(H,15,16). The van der Waals surface area contributed by atoms with Gasteiger partial charge in [-0.1, -0.05) is 34.5 Å². The maximum atomic E-state index is 6.17. The van der Waals surface area contributed by atoms with Crippen molar-refractivity contribution >= 4 is 44.3 Å². The van der Waals surface area contributed by atoms with Crippen molar-refractivity contribution in [3.05, 3.63) is 33.3 Å². The topological polar surface area (TPSA) is 24.9 Å². The van der Waals surface area contributed by atoms with E-state index in [0.29, 0.717) is 5.02 Å². The highest BCUT2D eigenvalue weighted by Gasteiger charge is 2.07. The largest absolute Gasteiger partial charge is 0.373 e. The minimum absolute atomic E-state index is 0.670. The molecule has 0 saturated heterocycles. The first-order valence-corrected chi connectivity index (χ1v) is 6.29. The monoisotopic (exact) mass is 298 g/mol. The summed E-state index contributed by atoms with van der Waals surface area (Å²) in [5, 5.41) is 4.83. The second-order valence-electron chi connectivity index (χ2n) is 3.56. The number of nitrogens with zero attached hydrogens (tertiary/aromatic N) is 1. The maximum absolute atomic E-state index is 6.17. The molecule has 0 aliphatic heterocycles. The predicted octanol–water partition coefficient (Wildman–Crippen LogP) is 4.25. The quantitative estimate of drug-likeness (QED) is 0.896. The van der Waals surface area contributed by atoms with Crippen molar-refractivity contribution < 1.29 is 0 Å². The molecule has 0 fully saturated rings. The van der Waals surface area contributed by atoms with Crippen LogP contribution in [0.5, 0.6) is 0 Å². The maximum Gasteiger partial charge on any atom is 0.129 e. The van der Waals surface area contributed by atoms with E-state index in [-0.39, 0.29) is 0 Å². The van der Waals surface area contributed by atoms with Crippen molar-refractivity contribution in [2.75, 3.05) is 12.4 Å². The van der Waals surface area contributed by atoms with Gasteiger partial charge in [-0.2, -0.15) is 0 Å². The van der Waals surface area contributed by atoms with Crippen LogP contribution in [0.4, 0.5) is 5.82 Å². The second-order valence-corrected chi connectivity index (χ2v) is 4.88. The molecule has 0 unspecified atom stereocenters. The van der Waals surface area contributed by atoms with Crippen LogP contribution in [0, 0.1) is 0 Å². The van der Waals surface area contributed by atoms with Gasteiger partial charge < -0.3 is 5.32 Å². The minimum Gasteiger partial charge on any atom is -0.373 e. The number of halogens is 2. The number of pyridine rings is 1. The Morgan fingerprint density at radius 2 is 2.12 bits per heavy atom. The first-order chi connectivity index (χ1) is 7.65. The molecule has 0 saturated carbocycles. The number of hydrogen-bond donors (Lipinski definition) is 1. The summed E-state index contributed by atoms with van der Waals surface area (Å²) in [6.07, 6.45) is 0.948. The van der Waals surface area contributed by atoms with Crippen LogP contribution in [0.25, 0.3) is 10.9 Å². The number of anilines is 1. The van der Waals surface area contributed by atoms with Crippen LogP contribution in [0.2, 0.25) is 5.02 Å². The van der Waals surface area contributed by atoms with Gasteiger partial charge in [-0.25, -0.2) is 4.98 Å². The predicted molar refractivity (Wildman–Crippen MR) is 73.4 cm³/mol. The van der Waals surface area contributed by atoms with Gasteiger partial charge in [-0.3, -0.25) is 0 Å². The van der Waals surface area contributed by atoms with Gasteiger partial charge in [0.2, 0.25) is 0 Å². The number of hydrogen-bond acceptors (Lipinski definition) is 2. The highest BCUT2D eigenvalue weighted by Crippen LogP contribution is 2.29. The van der Waals surface area contributed by atoms with Gasteiger partial charge in [-0.15, -0.1) is 0 Å². The summed E-state index contributed by atoms with van der Waals surface area (Å²) in [6.45, 7) is 2.11. The zero-order valence-corrected chi connectivity index (χ0v) is 11.5. The van der Waals surface area contributed by atoms with E-state index in [1.807, 2.05) is 19.2 Å². The lowest BCUT2D eigenvalue weighted by atomic mass is 10.1. The molecule has 16 heavy (non-hydrogen) atoms. The molecule has 0 atom stereocenters. The number of fused-ring (bicyclic) bond motifs is 1. The molecule has 0 aliphatic rings. The van der Waals surface area contributed by atoms with Gasteiger partial charge in [0.05, 0.1) is 10.5 Å². The minimum atomic E-state index is 0.670. The lowest BCUT2D eigenvalue weighted by Gasteiger charge is -2.09. The first-order valence-electron chi connectivity index (χ1n) is 5.12. The number of rotatable bonds is 2. The molecule has 84 valence electrons. The van der Waals surface area contributed by atoms with Crippen LogP contribution in [-0.2, 0) is 6.42 Å². The smallest absolute Gasteiger partial charge is 0.129 e. The summed E-state index contributed by atoms with van der Waals surface area (Å²) in [4.78, 5) is 4.54. The lowest BCUT2D eigenvalue weighted by Crippen LogP contribution is -1.98. The number of benzene rings is 1. The first kappa shape index (κ1) is 11.7.